The molecule has 0 amide bonds. The van der Waals surface area contributed by atoms with Crippen molar-refractivity contribution in [2.75, 3.05) is 0 Å². The molecule has 1 aromatic rings. The number of hydrogen-bond donors (Lipinski definition) is 3. The van der Waals surface area contributed by atoms with Crippen molar-refractivity contribution in [1.29, 1.82) is 0 Å². The van der Waals surface area contributed by atoms with Gasteiger partial charge < -0.3 is 0 Å². The molecule has 0 aliphatic carbocycles. The minimum Gasteiger partial charge on any atom is -0.175 e. The van der Waals surface area contributed by atoms with E-state index in [1.165, 1.54) is 22.3 Å². The fraction of sp³-hybridized carbons (Fsp3) is 0.400. The average Bonchev–Trinajstić information content (AvgIpc) is 2.28. The van der Waals surface area contributed by atoms with Crippen LogP contribution in [0.1, 0.15) is 26.4 Å². The lowest BCUT2D eigenvalue weighted by Gasteiger charge is -2.15. The minimum absolute atomic E-state index is 0.0646. The third-order valence-corrected chi connectivity index (χ3v) is 4.83. The molecule has 90 valence electrons. The smallest absolute Gasteiger partial charge is 0.0822 e. The molecule has 1 unspecified atom stereocenters. The Morgan fingerprint density at radius 3 is 2.12 bits per heavy atom. The highest BCUT2D eigenvalue weighted by Crippen LogP contribution is 2.35. The third kappa shape index (κ3) is 4.05. The number of halogens is 2. The number of hydrogen-bond acceptors (Lipinski definition) is 4. The van der Waals surface area contributed by atoms with Crippen LogP contribution in [0.15, 0.2) is 12.1 Å². The first-order valence-electron chi connectivity index (χ1n) is 4.56. The van der Waals surface area contributed by atoms with Gasteiger partial charge in [-0.05, 0) is 37.1 Å². The highest BCUT2D eigenvalue weighted by molar-refractivity contribution is 9.50. The Labute approximate surface area is 133 Å². The molecule has 0 saturated heterocycles. The second kappa shape index (κ2) is 7.89. The van der Waals surface area contributed by atoms with Gasteiger partial charge in [0.1, 0.15) is 0 Å². The van der Waals surface area contributed by atoms with E-state index < -0.39 is 0 Å². The fourth-order valence-electron chi connectivity index (χ4n) is 1.46. The van der Waals surface area contributed by atoms with Crippen LogP contribution < -0.4 is 0 Å². The van der Waals surface area contributed by atoms with E-state index in [4.69, 9.17) is 0 Å². The van der Waals surface area contributed by atoms with Crippen molar-refractivity contribution < 1.29 is 0 Å². The lowest BCUT2D eigenvalue weighted by atomic mass is 10.0. The number of thiol groups is 3. The Hall–Kier alpha value is 1.58. The van der Waals surface area contributed by atoms with Gasteiger partial charge in [-0.15, -0.1) is 0 Å². The van der Waals surface area contributed by atoms with Crippen molar-refractivity contribution in [3.63, 3.8) is 0 Å². The van der Waals surface area contributed by atoms with Crippen molar-refractivity contribution in [2.45, 2.75) is 21.4 Å². The van der Waals surface area contributed by atoms with Crippen LogP contribution in [0.2, 0.25) is 0 Å². The van der Waals surface area contributed by atoms with Gasteiger partial charge in [-0.2, -0.15) is 37.9 Å². The van der Waals surface area contributed by atoms with E-state index in [-0.39, 0.29) is 4.16 Å². The van der Waals surface area contributed by atoms with Gasteiger partial charge in [0, 0.05) is 17.3 Å². The van der Waals surface area contributed by atoms with Gasteiger partial charge >= 0.3 is 0 Å². The van der Waals surface area contributed by atoms with Crippen LogP contribution in [-0.4, -0.2) is 0 Å². The molecule has 0 bridgehead atoms. The maximum absolute atomic E-state index is 4.45. The molecule has 0 N–H and O–H groups in total. The summed E-state index contributed by atoms with van der Waals surface area (Å²) in [6.07, 6.45) is 0. The van der Waals surface area contributed by atoms with Gasteiger partial charge in [0.05, 0.1) is 4.16 Å². The summed E-state index contributed by atoms with van der Waals surface area (Å²) < 4.78 is 0.0646. The molecule has 0 fully saturated rings. The molecular formula is C10H12Br2S4. The Balaban J connectivity index is 3.23. The monoisotopic (exact) mass is 418 g/mol. The van der Waals surface area contributed by atoms with Gasteiger partial charge in [0.25, 0.3) is 0 Å². The van der Waals surface area contributed by atoms with E-state index >= 15 is 0 Å². The summed E-state index contributed by atoms with van der Waals surface area (Å²) in [5, 5.41) is 0. The van der Waals surface area contributed by atoms with Crippen molar-refractivity contribution in [3.8, 4) is 0 Å². The lowest BCUT2D eigenvalue weighted by molar-refractivity contribution is 1.19. The summed E-state index contributed by atoms with van der Waals surface area (Å²) in [4.78, 5) is 0. The third-order valence-electron chi connectivity index (χ3n) is 2.27. The topological polar surface area (TPSA) is 0 Å². The molecule has 0 saturated carbocycles. The fourth-order valence-corrected chi connectivity index (χ4v) is 3.82. The number of benzene rings is 1. The molecule has 0 aliphatic heterocycles. The summed E-state index contributed by atoms with van der Waals surface area (Å²) in [6.45, 7) is 0. The highest BCUT2D eigenvalue weighted by atomic mass is 79.9. The van der Waals surface area contributed by atoms with Crippen LogP contribution >= 0.6 is 78.8 Å². The van der Waals surface area contributed by atoms with Gasteiger partial charge in [0.2, 0.25) is 0 Å². The summed E-state index contributed by atoms with van der Waals surface area (Å²) >= 11 is 20.0. The number of alkyl halides is 1. The molecule has 1 rings (SSSR count). The van der Waals surface area contributed by atoms with Crippen LogP contribution in [0.5, 0.6) is 0 Å². The summed E-state index contributed by atoms with van der Waals surface area (Å²) in [5.74, 6) is 2.40. The average molecular weight is 420 g/mol. The lowest BCUT2D eigenvalue weighted by Crippen LogP contribution is -1.98. The van der Waals surface area contributed by atoms with Gasteiger partial charge in [-0.25, -0.2) is 0 Å². The van der Waals surface area contributed by atoms with Crippen LogP contribution in [0.4, 0.5) is 0 Å². The van der Waals surface area contributed by atoms with Crippen molar-refractivity contribution >= 4 is 78.8 Å². The van der Waals surface area contributed by atoms with Crippen LogP contribution in [-0.2, 0) is 17.3 Å². The van der Waals surface area contributed by atoms with E-state index in [1.54, 1.807) is 10.2 Å². The molecule has 1 aromatic carbocycles. The second-order valence-corrected chi connectivity index (χ2v) is 7.88. The van der Waals surface area contributed by atoms with Crippen molar-refractivity contribution in [3.05, 3.63) is 34.4 Å². The highest BCUT2D eigenvalue weighted by Gasteiger charge is 2.12. The van der Waals surface area contributed by atoms with Crippen molar-refractivity contribution in [1.82, 2.24) is 0 Å². The summed E-state index contributed by atoms with van der Waals surface area (Å²) in [6, 6.07) is 4.37. The molecule has 6 heteroatoms. The van der Waals surface area contributed by atoms with Crippen LogP contribution in [0.25, 0.3) is 0 Å². The summed E-state index contributed by atoms with van der Waals surface area (Å²) in [7, 11) is 1.63. The standard InChI is InChI=1S/C10H12Br2S4/c11-10(15)9-2-7(4-14)6(3-13)1-8(9)5-16-12/h1-2,10,13-15H,3-5H2. The zero-order valence-electron chi connectivity index (χ0n) is 8.36. The van der Waals surface area contributed by atoms with E-state index in [2.05, 4.69) is 80.8 Å². The molecule has 0 nitrogen and oxygen atoms in total. The van der Waals surface area contributed by atoms with Gasteiger partial charge in [0.15, 0.2) is 0 Å². The Bertz CT molecular complexity index is 355. The summed E-state index contributed by atoms with van der Waals surface area (Å²) in [5.41, 5.74) is 4.98. The molecule has 0 radical (unpaired) electrons. The molecular weight excluding hydrogens is 408 g/mol. The van der Waals surface area contributed by atoms with Crippen LogP contribution in [0, 0.1) is 0 Å². The molecule has 0 aromatic heterocycles. The number of rotatable bonds is 5. The maximum atomic E-state index is 4.45. The zero-order valence-corrected chi connectivity index (χ0v) is 15.0. The first-order valence-corrected chi connectivity index (χ1v) is 10.1. The maximum Gasteiger partial charge on any atom is 0.0822 e. The SMILES string of the molecule is SCc1cc(CSBr)c(C(S)Br)cc1CS. The van der Waals surface area contributed by atoms with E-state index in [9.17, 15) is 0 Å². The quantitative estimate of drug-likeness (QED) is 0.423. The first-order chi connectivity index (χ1) is 7.63. The second-order valence-electron chi connectivity index (χ2n) is 3.23. The predicted octanol–water partition coefficient (Wildman–Crippen LogP) is 5.41. The Kier molecular flexibility index (Phi) is 7.71. The largest absolute Gasteiger partial charge is 0.175 e. The predicted molar refractivity (Wildman–Crippen MR) is 92.7 cm³/mol. The van der Waals surface area contributed by atoms with E-state index in [0.717, 1.165) is 17.3 Å². The van der Waals surface area contributed by atoms with Gasteiger partial charge in [-0.1, -0.05) is 38.3 Å². The Morgan fingerprint density at radius 1 is 1.12 bits per heavy atom. The molecule has 16 heavy (non-hydrogen) atoms. The normalized spacial score (nSPS) is 12.8. The first kappa shape index (κ1) is 15.6. The molecule has 0 heterocycles. The van der Waals surface area contributed by atoms with Crippen molar-refractivity contribution in [2.24, 2.45) is 0 Å². The van der Waals surface area contributed by atoms with Gasteiger partial charge in [-0.3, -0.25) is 0 Å². The molecule has 1 atom stereocenters. The zero-order chi connectivity index (χ0) is 12.1. The van der Waals surface area contributed by atoms with Crippen LogP contribution in [0.3, 0.4) is 0 Å². The molecule has 0 aliphatic rings. The minimum atomic E-state index is 0.0646. The molecule has 0 spiro atoms. The van der Waals surface area contributed by atoms with E-state index in [0.29, 0.717) is 0 Å². The van der Waals surface area contributed by atoms with E-state index in [1.807, 2.05) is 0 Å². The Morgan fingerprint density at radius 2 is 1.69 bits per heavy atom.